The monoisotopic (exact) mass is 344 g/mol. The summed E-state index contributed by atoms with van der Waals surface area (Å²) in [6.45, 7) is 7.83. The largest absolute Gasteiger partial charge is 0.449 e. The summed E-state index contributed by atoms with van der Waals surface area (Å²) in [5, 5.41) is 4.05. The van der Waals surface area contributed by atoms with Crippen LogP contribution in [0.1, 0.15) is 45.4 Å². The molecule has 2 aromatic rings. The molecule has 1 aliphatic rings. The lowest BCUT2D eigenvalue weighted by molar-refractivity contribution is 0.0642. The normalized spacial score (nSPS) is 16.0. The molecule has 1 saturated heterocycles. The highest BCUT2D eigenvalue weighted by Gasteiger charge is 2.29. The van der Waals surface area contributed by atoms with Gasteiger partial charge in [0.25, 0.3) is 0 Å². The predicted molar refractivity (Wildman–Crippen MR) is 91.9 cm³/mol. The van der Waals surface area contributed by atoms with Crippen LogP contribution in [0.5, 0.6) is 0 Å². The number of amides is 1. The summed E-state index contributed by atoms with van der Waals surface area (Å²) >= 11 is 0. The fourth-order valence-electron chi connectivity index (χ4n) is 2.70. The van der Waals surface area contributed by atoms with Crippen molar-refractivity contribution in [3.05, 3.63) is 30.4 Å². The van der Waals surface area contributed by atoms with Gasteiger partial charge in [-0.3, -0.25) is 4.98 Å². The summed E-state index contributed by atoms with van der Waals surface area (Å²) in [5.74, 6) is 1.38. The van der Waals surface area contributed by atoms with Crippen LogP contribution >= 0.6 is 0 Å². The Bertz CT molecular complexity index is 701. The maximum absolute atomic E-state index is 12.1. The third-order valence-electron chi connectivity index (χ3n) is 4.11. The van der Waals surface area contributed by atoms with Crippen LogP contribution in [-0.2, 0) is 4.74 Å². The molecular formula is C18H24N4O3. The molecule has 0 aromatic carbocycles. The summed E-state index contributed by atoms with van der Waals surface area (Å²) in [4.78, 5) is 22.4. The highest BCUT2D eigenvalue weighted by Crippen LogP contribution is 2.28. The molecule has 0 aliphatic carbocycles. The molecule has 1 fully saturated rings. The summed E-state index contributed by atoms with van der Waals surface area (Å²) in [7, 11) is 0. The van der Waals surface area contributed by atoms with Crippen LogP contribution in [0.4, 0.5) is 4.79 Å². The quantitative estimate of drug-likeness (QED) is 0.848. The first-order valence-corrected chi connectivity index (χ1v) is 8.58. The Morgan fingerprint density at radius 1 is 1.28 bits per heavy atom. The lowest BCUT2D eigenvalue weighted by atomic mass is 9.97. The van der Waals surface area contributed by atoms with Crippen LogP contribution in [0, 0.1) is 5.41 Å². The van der Waals surface area contributed by atoms with E-state index in [1.54, 1.807) is 17.3 Å². The van der Waals surface area contributed by atoms with E-state index in [-0.39, 0.29) is 17.4 Å². The summed E-state index contributed by atoms with van der Waals surface area (Å²) in [5.41, 5.74) is 0.856. The molecule has 0 saturated carbocycles. The zero-order chi connectivity index (χ0) is 17.9. The smallest absolute Gasteiger partial charge is 0.409 e. The van der Waals surface area contributed by atoms with E-state index in [4.69, 9.17) is 9.26 Å². The molecule has 25 heavy (non-hydrogen) atoms. The van der Waals surface area contributed by atoms with Crippen LogP contribution in [0.25, 0.3) is 11.4 Å². The molecule has 1 amide bonds. The maximum atomic E-state index is 12.1. The van der Waals surface area contributed by atoms with Gasteiger partial charge >= 0.3 is 6.09 Å². The number of likely N-dealkylation sites (tertiary alicyclic amines) is 1. The van der Waals surface area contributed by atoms with Crippen molar-refractivity contribution in [3.63, 3.8) is 0 Å². The average molecular weight is 344 g/mol. The molecule has 3 heterocycles. The standard InChI is InChI=1S/C18H24N4O3/c1-18(2,3)12-24-17(23)22-10-6-14(7-11-22)16-20-15(21-25-16)13-4-8-19-9-5-13/h4-5,8-9,14H,6-7,10-12H2,1-3H3. The second kappa shape index (κ2) is 7.21. The SMILES string of the molecule is CC(C)(C)COC(=O)N1CCC(c2nc(-c3ccncc3)no2)CC1. The second-order valence-electron chi connectivity index (χ2n) is 7.57. The number of rotatable bonds is 3. The number of piperidine rings is 1. The molecule has 0 N–H and O–H groups in total. The summed E-state index contributed by atoms with van der Waals surface area (Å²) < 4.78 is 10.8. The van der Waals surface area contributed by atoms with E-state index >= 15 is 0 Å². The molecule has 0 unspecified atom stereocenters. The van der Waals surface area contributed by atoms with Gasteiger partial charge in [0.05, 0.1) is 6.61 Å². The molecule has 0 spiro atoms. The third kappa shape index (κ3) is 4.55. The first-order chi connectivity index (χ1) is 11.9. The average Bonchev–Trinajstić information content (AvgIpc) is 3.10. The highest BCUT2D eigenvalue weighted by atomic mass is 16.6. The summed E-state index contributed by atoms with van der Waals surface area (Å²) in [6, 6.07) is 3.70. The fraction of sp³-hybridized carbons (Fsp3) is 0.556. The number of aromatic nitrogens is 3. The minimum atomic E-state index is -0.239. The van der Waals surface area contributed by atoms with Crippen molar-refractivity contribution in [1.82, 2.24) is 20.0 Å². The Hall–Kier alpha value is -2.44. The number of nitrogens with zero attached hydrogens (tertiary/aromatic N) is 4. The molecule has 0 atom stereocenters. The second-order valence-corrected chi connectivity index (χ2v) is 7.57. The Morgan fingerprint density at radius 2 is 1.96 bits per heavy atom. The van der Waals surface area contributed by atoms with Gasteiger partial charge in [0.15, 0.2) is 0 Å². The highest BCUT2D eigenvalue weighted by molar-refractivity contribution is 5.67. The zero-order valence-electron chi connectivity index (χ0n) is 14.9. The topological polar surface area (TPSA) is 81.4 Å². The molecule has 3 rings (SSSR count). The van der Waals surface area contributed by atoms with Crippen molar-refractivity contribution in [1.29, 1.82) is 0 Å². The van der Waals surface area contributed by atoms with Gasteiger partial charge in [0.2, 0.25) is 11.7 Å². The number of carbonyl (C=O) groups is 1. The van der Waals surface area contributed by atoms with Crippen LogP contribution in [0.3, 0.4) is 0 Å². The number of hydrogen-bond acceptors (Lipinski definition) is 6. The minimum Gasteiger partial charge on any atom is -0.449 e. The van der Waals surface area contributed by atoms with Crippen LogP contribution in [0.15, 0.2) is 29.0 Å². The lowest BCUT2D eigenvalue weighted by Crippen LogP contribution is -2.39. The van der Waals surface area contributed by atoms with E-state index in [0.29, 0.717) is 31.4 Å². The van der Waals surface area contributed by atoms with Gasteiger partial charge in [-0.2, -0.15) is 4.98 Å². The van der Waals surface area contributed by atoms with E-state index < -0.39 is 0 Å². The molecule has 134 valence electrons. The maximum Gasteiger partial charge on any atom is 0.409 e. The number of ether oxygens (including phenoxy) is 1. The van der Waals surface area contributed by atoms with Gasteiger partial charge in [0, 0.05) is 37.0 Å². The van der Waals surface area contributed by atoms with Crippen molar-refractivity contribution in [2.24, 2.45) is 5.41 Å². The van der Waals surface area contributed by atoms with Crippen molar-refractivity contribution in [2.45, 2.75) is 39.5 Å². The van der Waals surface area contributed by atoms with Gasteiger partial charge < -0.3 is 14.2 Å². The molecule has 2 aromatic heterocycles. The molecule has 0 bridgehead atoms. The van der Waals surface area contributed by atoms with Crippen LogP contribution in [0.2, 0.25) is 0 Å². The van der Waals surface area contributed by atoms with E-state index in [2.05, 4.69) is 15.1 Å². The number of pyridine rings is 1. The number of hydrogen-bond donors (Lipinski definition) is 0. The Balaban J connectivity index is 1.54. The van der Waals surface area contributed by atoms with Crippen LogP contribution < -0.4 is 0 Å². The van der Waals surface area contributed by atoms with Gasteiger partial charge in [-0.1, -0.05) is 25.9 Å². The molecule has 7 nitrogen and oxygen atoms in total. The third-order valence-corrected chi connectivity index (χ3v) is 4.11. The first-order valence-electron chi connectivity index (χ1n) is 8.58. The number of carbonyl (C=O) groups excluding carboxylic acids is 1. The van der Waals surface area contributed by atoms with E-state index in [1.165, 1.54) is 0 Å². The van der Waals surface area contributed by atoms with E-state index in [1.807, 2.05) is 32.9 Å². The van der Waals surface area contributed by atoms with Gasteiger partial charge in [-0.25, -0.2) is 4.79 Å². The van der Waals surface area contributed by atoms with Crippen molar-refractivity contribution >= 4 is 6.09 Å². The zero-order valence-corrected chi connectivity index (χ0v) is 14.9. The minimum absolute atomic E-state index is 0.0267. The first kappa shape index (κ1) is 17.4. The lowest BCUT2D eigenvalue weighted by Gasteiger charge is -2.30. The Kier molecular flexibility index (Phi) is 5.01. The predicted octanol–water partition coefficient (Wildman–Crippen LogP) is 3.49. The van der Waals surface area contributed by atoms with Crippen molar-refractivity contribution < 1.29 is 14.1 Å². The van der Waals surface area contributed by atoms with E-state index in [9.17, 15) is 4.79 Å². The van der Waals surface area contributed by atoms with Gasteiger partial charge in [-0.15, -0.1) is 0 Å². The van der Waals surface area contributed by atoms with Crippen molar-refractivity contribution in [3.8, 4) is 11.4 Å². The van der Waals surface area contributed by atoms with Gasteiger partial charge in [-0.05, 0) is 30.4 Å². The Morgan fingerprint density at radius 3 is 2.60 bits per heavy atom. The molecule has 7 heteroatoms. The molecule has 1 aliphatic heterocycles. The Labute approximate surface area is 147 Å². The molecular weight excluding hydrogens is 320 g/mol. The fourth-order valence-corrected chi connectivity index (χ4v) is 2.70. The van der Waals surface area contributed by atoms with Gasteiger partial charge in [0.1, 0.15) is 0 Å². The van der Waals surface area contributed by atoms with Crippen molar-refractivity contribution in [2.75, 3.05) is 19.7 Å². The summed E-state index contributed by atoms with van der Waals surface area (Å²) in [6.07, 6.45) is 4.75. The molecule has 0 radical (unpaired) electrons. The van der Waals surface area contributed by atoms with Crippen LogP contribution in [-0.4, -0.2) is 45.8 Å². The van der Waals surface area contributed by atoms with E-state index in [0.717, 1.165) is 18.4 Å².